The Morgan fingerprint density at radius 1 is 1.41 bits per heavy atom. The van der Waals surface area contributed by atoms with E-state index in [2.05, 4.69) is 28.9 Å². The molecule has 120 valence electrons. The van der Waals surface area contributed by atoms with Gasteiger partial charge in [0.25, 0.3) is 0 Å². The second-order valence-corrected chi connectivity index (χ2v) is 8.58. The monoisotopic (exact) mass is 321 g/mol. The lowest BCUT2D eigenvalue weighted by molar-refractivity contribution is 0.251. The van der Waals surface area contributed by atoms with E-state index in [-0.39, 0.29) is 11.8 Å². The first-order valence-corrected chi connectivity index (χ1v) is 9.86. The molecule has 1 aliphatic heterocycles. The number of benzene rings is 1. The van der Waals surface area contributed by atoms with Crippen molar-refractivity contribution in [1.82, 2.24) is 14.9 Å². The van der Waals surface area contributed by atoms with Crippen LogP contribution in [0.1, 0.15) is 36.7 Å². The van der Waals surface area contributed by atoms with Crippen molar-refractivity contribution < 1.29 is 8.42 Å². The number of hydrogen-bond acceptors (Lipinski definition) is 4. The van der Waals surface area contributed by atoms with Crippen molar-refractivity contribution in [1.29, 1.82) is 0 Å². The summed E-state index contributed by atoms with van der Waals surface area (Å²) in [4.78, 5) is 10.5. The van der Waals surface area contributed by atoms with Gasteiger partial charge < -0.3 is 4.98 Å². The zero-order valence-corrected chi connectivity index (χ0v) is 14.0. The molecule has 22 heavy (non-hydrogen) atoms. The molecule has 1 unspecified atom stereocenters. The second-order valence-electron chi connectivity index (χ2n) is 6.32. The molecule has 0 amide bonds. The van der Waals surface area contributed by atoms with Crippen molar-refractivity contribution in [3.63, 3.8) is 0 Å². The predicted octanol–water partition coefficient (Wildman–Crippen LogP) is 2.44. The van der Waals surface area contributed by atoms with E-state index >= 15 is 0 Å². The summed E-state index contributed by atoms with van der Waals surface area (Å²) >= 11 is 0. The first-order chi connectivity index (χ1) is 10.4. The Morgan fingerprint density at radius 2 is 2.23 bits per heavy atom. The quantitative estimate of drug-likeness (QED) is 0.918. The summed E-state index contributed by atoms with van der Waals surface area (Å²) < 4.78 is 22.5. The molecule has 1 aromatic carbocycles. The number of likely N-dealkylation sites (tertiary alicyclic amines) is 1. The van der Waals surface area contributed by atoms with Crippen molar-refractivity contribution in [3.05, 3.63) is 29.6 Å². The summed E-state index contributed by atoms with van der Waals surface area (Å²) in [5, 5.41) is 0. The van der Waals surface area contributed by atoms with Crippen molar-refractivity contribution in [3.8, 4) is 0 Å². The number of aryl methyl sites for hydroxylation is 1. The third-order valence-corrected chi connectivity index (χ3v) is 5.33. The van der Waals surface area contributed by atoms with Crippen LogP contribution >= 0.6 is 0 Å². The number of aromatic nitrogens is 2. The van der Waals surface area contributed by atoms with Gasteiger partial charge >= 0.3 is 0 Å². The lowest BCUT2D eigenvalue weighted by Gasteiger charge is -2.22. The Bertz CT molecular complexity index is 767. The number of rotatable bonds is 5. The first-order valence-electron chi connectivity index (χ1n) is 7.80. The molecule has 0 aliphatic carbocycles. The standard InChI is InChI=1S/C16H23N3O2S/c1-12-6-7-13-14(11-12)18-16(17-13)15-5-3-8-19(15)9-4-10-22(2,20)21/h6-7,11,15H,3-5,8-10H2,1-2H3,(H,17,18). The normalized spacial score (nSPS) is 20.0. The van der Waals surface area contributed by atoms with Gasteiger partial charge in [-0.2, -0.15) is 0 Å². The summed E-state index contributed by atoms with van der Waals surface area (Å²) in [7, 11) is -2.87. The van der Waals surface area contributed by atoms with Gasteiger partial charge in [0, 0.05) is 6.26 Å². The Labute approximate surface area is 131 Å². The van der Waals surface area contributed by atoms with Crippen molar-refractivity contribution >= 4 is 20.9 Å². The van der Waals surface area contributed by atoms with E-state index in [1.807, 2.05) is 6.07 Å². The van der Waals surface area contributed by atoms with E-state index in [9.17, 15) is 8.42 Å². The highest BCUT2D eigenvalue weighted by atomic mass is 32.2. The number of H-pyrrole nitrogens is 1. The molecule has 3 rings (SSSR count). The molecular formula is C16H23N3O2S. The number of hydrogen-bond donors (Lipinski definition) is 1. The molecule has 2 aromatic rings. The highest BCUT2D eigenvalue weighted by molar-refractivity contribution is 7.90. The summed E-state index contributed by atoms with van der Waals surface area (Å²) in [5.41, 5.74) is 3.31. The molecular weight excluding hydrogens is 298 g/mol. The van der Waals surface area contributed by atoms with Gasteiger partial charge in [-0.15, -0.1) is 0 Å². The lowest BCUT2D eigenvalue weighted by Crippen LogP contribution is -2.26. The van der Waals surface area contributed by atoms with Crippen LogP contribution in [0.15, 0.2) is 18.2 Å². The SMILES string of the molecule is Cc1ccc2nc(C3CCCN3CCCS(C)(=O)=O)[nH]c2c1. The fraction of sp³-hybridized carbons (Fsp3) is 0.562. The minimum absolute atomic E-state index is 0.259. The molecule has 1 aromatic heterocycles. The van der Waals surface area contributed by atoms with Gasteiger partial charge in [-0.3, -0.25) is 4.90 Å². The van der Waals surface area contributed by atoms with Gasteiger partial charge in [0.1, 0.15) is 15.7 Å². The fourth-order valence-electron chi connectivity index (χ4n) is 3.23. The van der Waals surface area contributed by atoms with Gasteiger partial charge in [0.05, 0.1) is 22.8 Å². The van der Waals surface area contributed by atoms with Gasteiger partial charge in [0.15, 0.2) is 0 Å². The first kappa shape index (κ1) is 15.5. The molecule has 1 saturated heterocycles. The Morgan fingerprint density at radius 3 is 3.00 bits per heavy atom. The van der Waals surface area contributed by atoms with E-state index in [4.69, 9.17) is 4.98 Å². The predicted molar refractivity (Wildman–Crippen MR) is 88.7 cm³/mol. The van der Waals surface area contributed by atoms with Gasteiger partial charge in [0.2, 0.25) is 0 Å². The molecule has 1 atom stereocenters. The van der Waals surface area contributed by atoms with E-state index in [1.165, 1.54) is 11.8 Å². The Balaban J connectivity index is 1.73. The highest BCUT2D eigenvalue weighted by Gasteiger charge is 2.28. The van der Waals surface area contributed by atoms with E-state index in [0.29, 0.717) is 6.42 Å². The summed E-state index contributed by atoms with van der Waals surface area (Å²) in [6.07, 6.45) is 4.21. The highest BCUT2D eigenvalue weighted by Crippen LogP contribution is 2.31. The van der Waals surface area contributed by atoms with Crippen molar-refractivity contribution in [2.45, 2.75) is 32.2 Å². The maximum absolute atomic E-state index is 11.3. The number of aromatic amines is 1. The summed E-state index contributed by atoms with van der Waals surface area (Å²) in [6.45, 7) is 3.91. The van der Waals surface area contributed by atoms with Crippen LogP contribution in [0.25, 0.3) is 11.0 Å². The Hall–Kier alpha value is -1.40. The van der Waals surface area contributed by atoms with E-state index in [1.54, 1.807) is 0 Å². The molecule has 1 N–H and O–H groups in total. The van der Waals surface area contributed by atoms with Crippen molar-refractivity contribution in [2.75, 3.05) is 25.1 Å². The zero-order chi connectivity index (χ0) is 15.7. The number of imidazole rings is 1. The summed E-state index contributed by atoms with van der Waals surface area (Å²) in [5.74, 6) is 1.27. The van der Waals surface area contributed by atoms with Gasteiger partial charge in [-0.25, -0.2) is 13.4 Å². The van der Waals surface area contributed by atoms with Crippen molar-refractivity contribution in [2.24, 2.45) is 0 Å². The second kappa shape index (κ2) is 6.01. The number of fused-ring (bicyclic) bond motifs is 1. The maximum Gasteiger partial charge on any atom is 0.147 e. The largest absolute Gasteiger partial charge is 0.341 e. The molecule has 5 nitrogen and oxygen atoms in total. The van der Waals surface area contributed by atoms with Crippen LogP contribution in [-0.4, -0.2) is 48.4 Å². The van der Waals surface area contributed by atoms with Gasteiger partial charge in [-0.05, 0) is 57.0 Å². The molecule has 1 fully saturated rings. The number of sulfone groups is 1. The fourth-order valence-corrected chi connectivity index (χ4v) is 3.89. The average Bonchev–Trinajstić information content (AvgIpc) is 3.02. The van der Waals surface area contributed by atoms with Crippen LogP contribution in [0.2, 0.25) is 0 Å². The van der Waals surface area contributed by atoms with Crippen LogP contribution in [-0.2, 0) is 9.84 Å². The average molecular weight is 321 g/mol. The van der Waals surface area contributed by atoms with Crippen LogP contribution in [0, 0.1) is 6.92 Å². The maximum atomic E-state index is 11.3. The van der Waals surface area contributed by atoms with Crippen LogP contribution in [0.4, 0.5) is 0 Å². The molecule has 0 spiro atoms. The number of nitrogens with zero attached hydrogens (tertiary/aromatic N) is 2. The molecule has 0 saturated carbocycles. The third kappa shape index (κ3) is 3.50. The zero-order valence-electron chi connectivity index (χ0n) is 13.2. The number of nitrogens with one attached hydrogen (secondary N) is 1. The summed E-state index contributed by atoms with van der Waals surface area (Å²) in [6, 6.07) is 6.53. The molecule has 2 heterocycles. The van der Waals surface area contributed by atoms with Crippen LogP contribution < -0.4 is 0 Å². The Kier molecular flexibility index (Phi) is 4.23. The van der Waals surface area contributed by atoms with Crippen LogP contribution in [0.5, 0.6) is 0 Å². The minimum Gasteiger partial charge on any atom is -0.341 e. The molecule has 0 radical (unpaired) electrons. The lowest BCUT2D eigenvalue weighted by atomic mass is 10.2. The third-order valence-electron chi connectivity index (χ3n) is 4.30. The molecule has 0 bridgehead atoms. The molecule has 6 heteroatoms. The van der Waals surface area contributed by atoms with Gasteiger partial charge in [-0.1, -0.05) is 6.07 Å². The van der Waals surface area contributed by atoms with E-state index in [0.717, 1.165) is 42.8 Å². The topological polar surface area (TPSA) is 66.1 Å². The van der Waals surface area contributed by atoms with Crippen LogP contribution in [0.3, 0.4) is 0 Å². The smallest absolute Gasteiger partial charge is 0.147 e. The molecule has 1 aliphatic rings. The van der Waals surface area contributed by atoms with E-state index < -0.39 is 9.84 Å². The minimum atomic E-state index is -2.87.